The van der Waals surface area contributed by atoms with Crippen molar-refractivity contribution in [3.05, 3.63) is 35.4 Å². The second-order valence-electron chi connectivity index (χ2n) is 5.92. The number of fused-ring (bicyclic) bond motifs is 2. The van der Waals surface area contributed by atoms with Crippen LogP contribution in [0, 0.1) is 0 Å². The van der Waals surface area contributed by atoms with Gasteiger partial charge < -0.3 is 23.8 Å². The number of rotatable bonds is 5. The minimum absolute atomic E-state index is 0.443. The molecule has 0 saturated carbocycles. The molecule has 2 aromatic rings. The molecule has 28 heavy (non-hydrogen) atoms. The molecule has 3 rings (SSSR count). The molecule has 0 N–H and O–H groups in total. The van der Waals surface area contributed by atoms with Crippen LogP contribution in [0.3, 0.4) is 0 Å². The van der Waals surface area contributed by atoms with E-state index in [0.29, 0.717) is 35.1 Å². The number of ether oxygens (including phenoxy) is 4. The summed E-state index contributed by atoms with van der Waals surface area (Å²) in [5, 5.41) is 4.10. The van der Waals surface area contributed by atoms with Gasteiger partial charge >= 0.3 is 5.97 Å². The molecule has 0 fully saturated rings. The molecular formula is C20H21NO6S. The van der Waals surface area contributed by atoms with Gasteiger partial charge in [-0.3, -0.25) is 0 Å². The van der Waals surface area contributed by atoms with E-state index in [0.717, 1.165) is 20.9 Å². The van der Waals surface area contributed by atoms with Crippen LogP contribution in [-0.4, -0.2) is 40.1 Å². The summed E-state index contributed by atoms with van der Waals surface area (Å²) in [6.07, 6.45) is 0.443. The fourth-order valence-electron chi connectivity index (χ4n) is 2.90. The first kappa shape index (κ1) is 19.9. The highest BCUT2D eigenvalue weighted by Gasteiger charge is 2.24. The zero-order valence-electron chi connectivity index (χ0n) is 16.3. The third kappa shape index (κ3) is 3.87. The van der Waals surface area contributed by atoms with Gasteiger partial charge in [0.05, 0.1) is 34.2 Å². The second kappa shape index (κ2) is 8.43. The van der Waals surface area contributed by atoms with Crippen LogP contribution in [-0.2, 0) is 16.1 Å². The Morgan fingerprint density at radius 1 is 0.857 bits per heavy atom. The zero-order valence-corrected chi connectivity index (χ0v) is 17.1. The molecule has 0 spiro atoms. The Morgan fingerprint density at radius 2 is 1.39 bits per heavy atom. The van der Waals surface area contributed by atoms with E-state index < -0.39 is 5.97 Å². The van der Waals surface area contributed by atoms with Gasteiger partial charge in [-0.1, -0.05) is 16.9 Å². The summed E-state index contributed by atoms with van der Waals surface area (Å²) >= 11 is 1.55. The summed E-state index contributed by atoms with van der Waals surface area (Å²) in [6, 6.07) is 7.55. The molecule has 7 nitrogen and oxygen atoms in total. The van der Waals surface area contributed by atoms with Crippen LogP contribution in [0.4, 0.5) is 0 Å². The Bertz CT molecular complexity index is 941. The van der Waals surface area contributed by atoms with Gasteiger partial charge in [-0.2, -0.15) is 0 Å². The molecule has 0 unspecified atom stereocenters. The predicted molar refractivity (Wildman–Crippen MR) is 105 cm³/mol. The van der Waals surface area contributed by atoms with Gasteiger partial charge in [0, 0.05) is 28.7 Å². The van der Waals surface area contributed by atoms with E-state index in [1.165, 1.54) is 6.92 Å². The Morgan fingerprint density at radius 3 is 1.96 bits per heavy atom. The van der Waals surface area contributed by atoms with Crippen molar-refractivity contribution >= 4 is 23.4 Å². The summed E-state index contributed by atoms with van der Waals surface area (Å²) in [5.41, 5.74) is 2.38. The highest BCUT2D eigenvalue weighted by Crippen LogP contribution is 2.45. The number of hydrogen-bond donors (Lipinski definition) is 0. The lowest BCUT2D eigenvalue weighted by Crippen LogP contribution is -2.09. The van der Waals surface area contributed by atoms with Gasteiger partial charge in [0.25, 0.3) is 0 Å². The third-order valence-corrected chi connectivity index (χ3v) is 5.38. The van der Waals surface area contributed by atoms with Crippen molar-refractivity contribution in [1.29, 1.82) is 0 Å². The summed E-state index contributed by atoms with van der Waals surface area (Å²) in [6.45, 7) is 1.31. The van der Waals surface area contributed by atoms with Gasteiger partial charge in [0.1, 0.15) is 0 Å². The largest absolute Gasteiger partial charge is 0.493 e. The Hall–Kier alpha value is -2.87. The molecule has 0 bridgehead atoms. The van der Waals surface area contributed by atoms with E-state index in [4.69, 9.17) is 23.8 Å². The van der Waals surface area contributed by atoms with Crippen molar-refractivity contribution in [2.75, 3.05) is 28.4 Å². The van der Waals surface area contributed by atoms with Crippen molar-refractivity contribution < 1.29 is 28.6 Å². The van der Waals surface area contributed by atoms with Gasteiger partial charge in [-0.05, 0) is 29.8 Å². The third-order valence-electron chi connectivity index (χ3n) is 4.23. The average molecular weight is 403 g/mol. The summed E-state index contributed by atoms with van der Waals surface area (Å²) in [7, 11) is 6.34. The lowest BCUT2D eigenvalue weighted by Gasteiger charge is -2.13. The van der Waals surface area contributed by atoms with E-state index in [2.05, 4.69) is 5.16 Å². The lowest BCUT2D eigenvalue weighted by molar-refractivity contribution is -0.140. The highest BCUT2D eigenvalue weighted by molar-refractivity contribution is 7.99. The lowest BCUT2D eigenvalue weighted by atomic mass is 10.0. The first-order chi connectivity index (χ1) is 13.5. The van der Waals surface area contributed by atoms with Gasteiger partial charge in [0.2, 0.25) is 0 Å². The second-order valence-corrected chi connectivity index (χ2v) is 7.00. The monoisotopic (exact) mass is 403 g/mol. The zero-order chi connectivity index (χ0) is 20.3. The Balaban J connectivity index is 2.20. The molecule has 8 heteroatoms. The maximum Gasteiger partial charge on any atom is 0.331 e. The van der Waals surface area contributed by atoms with Crippen LogP contribution in [0.5, 0.6) is 23.0 Å². The van der Waals surface area contributed by atoms with Crippen molar-refractivity contribution in [3.63, 3.8) is 0 Å². The number of nitrogens with zero attached hydrogens (tertiary/aromatic N) is 1. The van der Waals surface area contributed by atoms with Crippen LogP contribution in [0.15, 0.2) is 39.2 Å². The molecule has 0 radical (unpaired) electrons. The van der Waals surface area contributed by atoms with E-state index in [9.17, 15) is 4.79 Å². The molecule has 1 aliphatic heterocycles. The van der Waals surface area contributed by atoms with Crippen molar-refractivity contribution in [2.24, 2.45) is 5.16 Å². The molecule has 1 heterocycles. The summed E-state index contributed by atoms with van der Waals surface area (Å²) < 4.78 is 21.7. The van der Waals surface area contributed by atoms with Crippen molar-refractivity contribution in [3.8, 4) is 23.0 Å². The number of benzene rings is 2. The molecule has 0 atom stereocenters. The summed E-state index contributed by atoms with van der Waals surface area (Å²) in [4.78, 5) is 18.2. The molecule has 0 saturated heterocycles. The van der Waals surface area contributed by atoms with Crippen LogP contribution < -0.4 is 18.9 Å². The SMILES string of the molecule is COc1cc2c(cc1OC)Sc1cc(OC)c(OC)cc1C(=NOC(C)=O)C2. The highest BCUT2D eigenvalue weighted by atomic mass is 32.2. The molecule has 0 aromatic heterocycles. The molecule has 148 valence electrons. The fourth-order valence-corrected chi connectivity index (χ4v) is 4.02. The minimum Gasteiger partial charge on any atom is -0.493 e. The topological polar surface area (TPSA) is 75.6 Å². The van der Waals surface area contributed by atoms with Crippen molar-refractivity contribution in [2.45, 2.75) is 23.1 Å². The predicted octanol–water partition coefficient (Wildman–Crippen LogP) is 3.70. The first-order valence-electron chi connectivity index (χ1n) is 8.44. The smallest absolute Gasteiger partial charge is 0.331 e. The Kier molecular flexibility index (Phi) is 5.99. The van der Waals surface area contributed by atoms with E-state index in [1.54, 1.807) is 40.2 Å². The fraction of sp³-hybridized carbons (Fsp3) is 0.300. The quantitative estimate of drug-likeness (QED) is 0.557. The molecule has 2 aromatic carbocycles. The molecule has 0 amide bonds. The normalized spacial score (nSPS) is 13.8. The number of methoxy groups -OCH3 is 4. The van der Waals surface area contributed by atoms with Gasteiger partial charge in [-0.15, -0.1) is 0 Å². The van der Waals surface area contributed by atoms with Crippen LogP contribution in [0.1, 0.15) is 18.1 Å². The van der Waals surface area contributed by atoms with Gasteiger partial charge in [-0.25, -0.2) is 4.79 Å². The van der Waals surface area contributed by atoms with Crippen molar-refractivity contribution in [1.82, 2.24) is 0 Å². The van der Waals surface area contributed by atoms with E-state index in [1.807, 2.05) is 24.3 Å². The van der Waals surface area contributed by atoms with Crippen LogP contribution >= 0.6 is 11.8 Å². The summed E-state index contributed by atoms with van der Waals surface area (Å²) in [5.74, 6) is 1.94. The number of hydrogen-bond acceptors (Lipinski definition) is 8. The molecule has 1 aliphatic rings. The van der Waals surface area contributed by atoms with E-state index >= 15 is 0 Å². The number of carbonyl (C=O) groups is 1. The number of carbonyl (C=O) groups excluding carboxylic acids is 1. The van der Waals surface area contributed by atoms with Crippen LogP contribution in [0.2, 0.25) is 0 Å². The molecular weight excluding hydrogens is 382 g/mol. The Labute approximate surface area is 167 Å². The van der Waals surface area contributed by atoms with Crippen LogP contribution in [0.25, 0.3) is 0 Å². The average Bonchev–Trinajstić information content (AvgIpc) is 2.85. The molecule has 0 aliphatic carbocycles. The standard InChI is InChI=1S/C20H21NO6S/c1-11(22)27-21-14-6-12-7-15(23-2)17(25-4)9-19(12)28-20-10-18(26-5)16(24-3)8-13(14)20/h7-10H,6H2,1-5H3. The van der Waals surface area contributed by atoms with E-state index in [-0.39, 0.29) is 0 Å². The minimum atomic E-state index is -0.487. The number of oxime groups is 1. The van der Waals surface area contributed by atoms with Gasteiger partial charge in [0.15, 0.2) is 23.0 Å². The maximum absolute atomic E-state index is 11.3. The first-order valence-corrected chi connectivity index (χ1v) is 9.26. The maximum atomic E-state index is 11.3.